The molecule has 1 fully saturated rings. The molecule has 1 atom stereocenters. The third kappa shape index (κ3) is 6.97. The average Bonchev–Trinajstić information content (AvgIpc) is 3.09. The predicted octanol–water partition coefficient (Wildman–Crippen LogP) is 3.01. The van der Waals surface area contributed by atoms with E-state index in [1.54, 1.807) is 7.05 Å². The van der Waals surface area contributed by atoms with Crippen molar-refractivity contribution in [3.8, 4) is 0 Å². The number of nitrogens with one attached hydrogen (secondary N) is 2. The number of halogens is 2. The molecule has 1 aliphatic heterocycles. The van der Waals surface area contributed by atoms with Gasteiger partial charge in [-0.3, -0.25) is 4.99 Å². The SMILES string of the molecule is CN=C(NCCCOC1CCOC1)NCCc1cc(Cl)ccc1Br. The highest BCUT2D eigenvalue weighted by Crippen LogP contribution is 2.21. The largest absolute Gasteiger partial charge is 0.379 e. The molecule has 1 heterocycles. The summed E-state index contributed by atoms with van der Waals surface area (Å²) in [5.74, 6) is 0.803. The van der Waals surface area contributed by atoms with E-state index < -0.39 is 0 Å². The van der Waals surface area contributed by atoms with E-state index in [1.807, 2.05) is 18.2 Å². The van der Waals surface area contributed by atoms with E-state index in [0.29, 0.717) is 0 Å². The molecule has 1 aromatic rings. The number of hydrogen-bond acceptors (Lipinski definition) is 3. The van der Waals surface area contributed by atoms with Crippen LogP contribution in [0, 0.1) is 0 Å². The number of benzene rings is 1. The van der Waals surface area contributed by atoms with Crippen LogP contribution in [0.3, 0.4) is 0 Å². The van der Waals surface area contributed by atoms with Crippen molar-refractivity contribution >= 4 is 33.5 Å². The van der Waals surface area contributed by atoms with E-state index in [2.05, 4.69) is 31.6 Å². The summed E-state index contributed by atoms with van der Waals surface area (Å²) < 4.78 is 12.1. The van der Waals surface area contributed by atoms with Gasteiger partial charge in [0, 0.05) is 42.8 Å². The average molecular weight is 419 g/mol. The van der Waals surface area contributed by atoms with Crippen LogP contribution in [-0.4, -0.2) is 52.0 Å². The van der Waals surface area contributed by atoms with E-state index in [0.717, 1.165) is 67.6 Å². The van der Waals surface area contributed by atoms with Gasteiger partial charge in [0.25, 0.3) is 0 Å². The Morgan fingerprint density at radius 2 is 2.25 bits per heavy atom. The van der Waals surface area contributed by atoms with Crippen LogP contribution in [0.4, 0.5) is 0 Å². The van der Waals surface area contributed by atoms with Gasteiger partial charge < -0.3 is 20.1 Å². The molecule has 5 nitrogen and oxygen atoms in total. The number of guanidine groups is 1. The lowest BCUT2D eigenvalue weighted by Crippen LogP contribution is -2.39. The van der Waals surface area contributed by atoms with Gasteiger partial charge in [0.1, 0.15) is 0 Å². The molecule has 0 spiro atoms. The first-order valence-corrected chi connectivity index (χ1v) is 9.44. The summed E-state index contributed by atoms with van der Waals surface area (Å²) in [4.78, 5) is 4.23. The predicted molar refractivity (Wildman–Crippen MR) is 102 cm³/mol. The fourth-order valence-electron chi connectivity index (χ4n) is 2.44. The summed E-state index contributed by atoms with van der Waals surface area (Å²) >= 11 is 9.58. The molecule has 1 unspecified atom stereocenters. The topological polar surface area (TPSA) is 54.9 Å². The van der Waals surface area contributed by atoms with E-state index in [1.165, 1.54) is 5.56 Å². The zero-order valence-corrected chi connectivity index (χ0v) is 16.3. The van der Waals surface area contributed by atoms with Crippen LogP contribution >= 0.6 is 27.5 Å². The molecule has 7 heteroatoms. The summed E-state index contributed by atoms with van der Waals surface area (Å²) in [7, 11) is 1.77. The lowest BCUT2D eigenvalue weighted by molar-refractivity contribution is 0.0420. The molecule has 0 aliphatic carbocycles. The molecule has 0 bridgehead atoms. The standard InChI is InChI=1S/C17H25BrClN3O2/c1-20-17(21-7-2-9-24-15-6-10-23-12-15)22-8-5-13-11-14(19)3-4-16(13)18/h3-4,11,15H,2,5-10,12H2,1H3,(H2,20,21,22). The number of rotatable bonds is 8. The zero-order valence-electron chi connectivity index (χ0n) is 14.0. The Bertz CT molecular complexity index is 537. The lowest BCUT2D eigenvalue weighted by atomic mass is 10.1. The molecule has 1 aliphatic rings. The Kier molecular flexibility index (Phi) is 8.88. The fourth-order valence-corrected chi connectivity index (χ4v) is 3.08. The minimum atomic E-state index is 0.276. The van der Waals surface area contributed by atoms with Gasteiger partial charge in [0.05, 0.1) is 12.7 Å². The Hall–Kier alpha value is -0.820. The summed E-state index contributed by atoms with van der Waals surface area (Å²) in [6.45, 7) is 3.91. The van der Waals surface area contributed by atoms with Gasteiger partial charge >= 0.3 is 0 Å². The Balaban J connectivity index is 1.59. The molecule has 134 valence electrons. The minimum absolute atomic E-state index is 0.276. The first kappa shape index (κ1) is 19.5. The monoisotopic (exact) mass is 417 g/mol. The maximum Gasteiger partial charge on any atom is 0.190 e. The smallest absolute Gasteiger partial charge is 0.190 e. The van der Waals surface area contributed by atoms with Gasteiger partial charge in [-0.05, 0) is 43.0 Å². The molecule has 0 aromatic heterocycles. The number of ether oxygens (including phenoxy) is 2. The van der Waals surface area contributed by atoms with E-state index >= 15 is 0 Å². The van der Waals surface area contributed by atoms with Crippen LogP contribution < -0.4 is 10.6 Å². The van der Waals surface area contributed by atoms with Crippen molar-refractivity contribution in [3.63, 3.8) is 0 Å². The van der Waals surface area contributed by atoms with Gasteiger partial charge in [-0.25, -0.2) is 0 Å². The van der Waals surface area contributed by atoms with Crippen LogP contribution in [0.2, 0.25) is 5.02 Å². The second-order valence-corrected chi connectivity index (χ2v) is 6.91. The van der Waals surface area contributed by atoms with E-state index in [4.69, 9.17) is 21.1 Å². The van der Waals surface area contributed by atoms with Crippen LogP contribution in [-0.2, 0) is 15.9 Å². The van der Waals surface area contributed by atoms with Crippen molar-refractivity contribution in [1.29, 1.82) is 0 Å². The second-order valence-electron chi connectivity index (χ2n) is 5.62. The summed E-state index contributed by atoms with van der Waals surface area (Å²) in [5, 5.41) is 7.36. The molecule has 0 amide bonds. The van der Waals surface area contributed by atoms with Gasteiger partial charge in [0.2, 0.25) is 0 Å². The van der Waals surface area contributed by atoms with Gasteiger partial charge in [-0.15, -0.1) is 0 Å². The Morgan fingerprint density at radius 3 is 3.00 bits per heavy atom. The Morgan fingerprint density at radius 1 is 1.42 bits per heavy atom. The molecule has 1 aromatic carbocycles. The lowest BCUT2D eigenvalue weighted by Gasteiger charge is -2.13. The second kappa shape index (κ2) is 10.9. The van der Waals surface area contributed by atoms with Crippen LogP contribution in [0.15, 0.2) is 27.7 Å². The third-order valence-electron chi connectivity index (χ3n) is 3.77. The highest BCUT2D eigenvalue weighted by atomic mass is 79.9. The summed E-state index contributed by atoms with van der Waals surface area (Å²) in [5.41, 5.74) is 1.18. The minimum Gasteiger partial charge on any atom is -0.379 e. The molecular formula is C17H25BrClN3O2. The molecule has 0 saturated carbocycles. The highest BCUT2D eigenvalue weighted by molar-refractivity contribution is 9.10. The number of nitrogens with zero attached hydrogens (tertiary/aromatic N) is 1. The molecule has 24 heavy (non-hydrogen) atoms. The zero-order chi connectivity index (χ0) is 17.2. The fraction of sp³-hybridized carbons (Fsp3) is 0.588. The Labute approximate surface area is 157 Å². The molecule has 2 N–H and O–H groups in total. The first-order chi connectivity index (χ1) is 11.7. The van der Waals surface area contributed by atoms with Crippen LogP contribution in [0.1, 0.15) is 18.4 Å². The van der Waals surface area contributed by atoms with E-state index in [9.17, 15) is 0 Å². The summed E-state index contributed by atoms with van der Waals surface area (Å²) in [6.07, 6.45) is 3.10. The highest BCUT2D eigenvalue weighted by Gasteiger charge is 2.15. The van der Waals surface area contributed by atoms with Gasteiger partial charge in [0.15, 0.2) is 5.96 Å². The van der Waals surface area contributed by atoms with Crippen LogP contribution in [0.25, 0.3) is 0 Å². The van der Waals surface area contributed by atoms with Crippen molar-refractivity contribution in [2.45, 2.75) is 25.4 Å². The van der Waals surface area contributed by atoms with E-state index in [-0.39, 0.29) is 6.10 Å². The van der Waals surface area contributed by atoms with Crippen LogP contribution in [0.5, 0.6) is 0 Å². The normalized spacial score (nSPS) is 18.0. The van der Waals surface area contributed by atoms with Crippen molar-refractivity contribution in [2.75, 3.05) is 40.0 Å². The number of aliphatic imine (C=N–C) groups is 1. The third-order valence-corrected chi connectivity index (χ3v) is 4.78. The van der Waals surface area contributed by atoms with Gasteiger partial charge in [-0.1, -0.05) is 27.5 Å². The quantitative estimate of drug-likeness (QED) is 0.387. The summed E-state index contributed by atoms with van der Waals surface area (Å²) in [6, 6.07) is 5.83. The van der Waals surface area contributed by atoms with Crippen molar-refractivity contribution in [3.05, 3.63) is 33.3 Å². The van der Waals surface area contributed by atoms with Crippen molar-refractivity contribution in [1.82, 2.24) is 10.6 Å². The maximum atomic E-state index is 6.03. The maximum absolute atomic E-state index is 6.03. The van der Waals surface area contributed by atoms with Crippen molar-refractivity contribution in [2.24, 2.45) is 4.99 Å². The molecule has 2 rings (SSSR count). The molecule has 0 radical (unpaired) electrons. The number of hydrogen-bond donors (Lipinski definition) is 2. The van der Waals surface area contributed by atoms with Gasteiger partial charge in [-0.2, -0.15) is 0 Å². The molecular weight excluding hydrogens is 394 g/mol. The molecule has 1 saturated heterocycles. The van der Waals surface area contributed by atoms with Crippen molar-refractivity contribution < 1.29 is 9.47 Å². The first-order valence-electron chi connectivity index (χ1n) is 8.27.